The minimum atomic E-state index is -0.391. The van der Waals surface area contributed by atoms with Crippen molar-refractivity contribution in [1.29, 1.82) is 0 Å². The van der Waals surface area contributed by atoms with E-state index in [2.05, 4.69) is 0 Å². The van der Waals surface area contributed by atoms with E-state index in [0.29, 0.717) is 18.6 Å². The van der Waals surface area contributed by atoms with Crippen molar-refractivity contribution >= 4 is 17.8 Å². The third-order valence-corrected chi connectivity index (χ3v) is 4.03. The fourth-order valence-electron chi connectivity index (χ4n) is 3.09. The van der Waals surface area contributed by atoms with Crippen LogP contribution in [0, 0.1) is 0 Å². The van der Waals surface area contributed by atoms with E-state index >= 15 is 0 Å². The molecule has 1 atom stereocenters. The monoisotopic (exact) mass is 299 g/mol. The number of hydrogen-bond acceptors (Lipinski definition) is 4. The van der Waals surface area contributed by atoms with E-state index in [9.17, 15) is 14.4 Å². The minimum Gasteiger partial charge on any atom is -0.462 e. The summed E-state index contributed by atoms with van der Waals surface area (Å²) in [4.78, 5) is 37.4. The number of aryl methyl sites for hydroxylation is 1. The van der Waals surface area contributed by atoms with E-state index in [-0.39, 0.29) is 17.9 Å². The second kappa shape index (κ2) is 5.75. The number of carbonyl (C=O) groups is 3. The molecule has 1 aromatic carbocycles. The Morgan fingerprint density at radius 2 is 2.00 bits per heavy atom. The molecule has 2 amide bonds. The number of carbonyl (C=O) groups excluding carboxylic acids is 3. The summed E-state index contributed by atoms with van der Waals surface area (Å²) in [6.07, 6.45) is 4.69. The molecule has 0 saturated heterocycles. The van der Waals surface area contributed by atoms with Crippen molar-refractivity contribution in [2.24, 2.45) is 0 Å². The molecule has 1 aromatic rings. The van der Waals surface area contributed by atoms with Crippen molar-refractivity contribution < 1.29 is 19.1 Å². The fraction of sp³-hybridized carbons (Fsp3) is 0.353. The van der Waals surface area contributed by atoms with Crippen LogP contribution in [0.25, 0.3) is 0 Å². The van der Waals surface area contributed by atoms with Gasteiger partial charge in [0.15, 0.2) is 0 Å². The van der Waals surface area contributed by atoms with E-state index in [1.54, 1.807) is 6.07 Å². The molecule has 0 N–H and O–H groups in total. The lowest BCUT2D eigenvalue weighted by molar-refractivity contribution is -0.139. The molecule has 1 aliphatic heterocycles. The molecule has 1 aliphatic carbocycles. The van der Waals surface area contributed by atoms with Crippen molar-refractivity contribution in [1.82, 2.24) is 4.90 Å². The number of benzene rings is 1. The number of amides is 2. The summed E-state index contributed by atoms with van der Waals surface area (Å²) in [6.45, 7) is 2.29. The van der Waals surface area contributed by atoms with Crippen molar-refractivity contribution in [2.75, 3.05) is 6.61 Å². The highest BCUT2D eigenvalue weighted by molar-refractivity contribution is 6.13. The first-order valence-electron chi connectivity index (χ1n) is 7.47. The minimum absolute atomic E-state index is 0.320. The maximum absolute atomic E-state index is 12.3. The quantitative estimate of drug-likeness (QED) is 0.631. The maximum Gasteiger partial charge on any atom is 0.338 e. The lowest BCUT2D eigenvalue weighted by atomic mass is 10.00. The number of fused-ring (bicyclic) bond motifs is 1. The highest BCUT2D eigenvalue weighted by Crippen LogP contribution is 2.39. The normalized spacial score (nSPS) is 19.7. The van der Waals surface area contributed by atoms with Crippen LogP contribution in [-0.2, 0) is 20.7 Å². The Morgan fingerprint density at radius 1 is 1.27 bits per heavy atom. The second-order valence-electron chi connectivity index (χ2n) is 5.45. The summed E-state index contributed by atoms with van der Waals surface area (Å²) in [6, 6.07) is 5.07. The van der Waals surface area contributed by atoms with Gasteiger partial charge in [0, 0.05) is 12.2 Å². The van der Waals surface area contributed by atoms with Gasteiger partial charge in [0.05, 0.1) is 18.2 Å². The van der Waals surface area contributed by atoms with Crippen LogP contribution in [0.3, 0.4) is 0 Å². The summed E-state index contributed by atoms with van der Waals surface area (Å²) in [7, 11) is 0. The molecule has 0 saturated carbocycles. The van der Waals surface area contributed by atoms with Gasteiger partial charge in [-0.25, -0.2) is 4.79 Å². The van der Waals surface area contributed by atoms with E-state index in [1.165, 1.54) is 17.1 Å². The Bertz CT molecular complexity index is 659. The maximum atomic E-state index is 12.3. The first-order valence-corrected chi connectivity index (χ1v) is 7.47. The van der Waals surface area contributed by atoms with Crippen LogP contribution in [0.2, 0.25) is 0 Å². The van der Waals surface area contributed by atoms with Crippen molar-refractivity contribution in [2.45, 2.75) is 32.2 Å². The zero-order valence-corrected chi connectivity index (χ0v) is 12.4. The molecule has 3 rings (SSSR count). The molecule has 0 aromatic heterocycles. The summed E-state index contributed by atoms with van der Waals surface area (Å²) >= 11 is 0. The van der Waals surface area contributed by atoms with Crippen molar-refractivity contribution in [3.05, 3.63) is 47.0 Å². The Labute approximate surface area is 128 Å². The smallest absolute Gasteiger partial charge is 0.338 e. The molecule has 114 valence electrons. The zero-order chi connectivity index (χ0) is 15.7. The highest BCUT2D eigenvalue weighted by Gasteiger charge is 2.38. The Morgan fingerprint density at radius 3 is 2.68 bits per heavy atom. The average molecular weight is 299 g/mol. The molecule has 22 heavy (non-hydrogen) atoms. The molecule has 5 nitrogen and oxygen atoms in total. The summed E-state index contributed by atoms with van der Waals surface area (Å²) in [5, 5.41) is 0. The molecule has 5 heteroatoms. The predicted molar refractivity (Wildman–Crippen MR) is 79.1 cm³/mol. The Balaban J connectivity index is 1.97. The molecule has 1 heterocycles. The topological polar surface area (TPSA) is 63.7 Å². The third kappa shape index (κ3) is 2.32. The second-order valence-corrected chi connectivity index (χ2v) is 5.45. The lowest BCUT2D eigenvalue weighted by Gasteiger charge is -2.24. The number of ether oxygens (including phenoxy) is 1. The van der Waals surface area contributed by atoms with Crippen LogP contribution in [0.15, 0.2) is 30.4 Å². The molecular formula is C17H17NO4. The van der Waals surface area contributed by atoms with Crippen LogP contribution in [0.1, 0.15) is 47.3 Å². The van der Waals surface area contributed by atoms with Gasteiger partial charge in [-0.1, -0.05) is 19.1 Å². The highest BCUT2D eigenvalue weighted by atomic mass is 16.5. The number of rotatable bonds is 4. The Hall–Kier alpha value is -2.43. The van der Waals surface area contributed by atoms with Crippen LogP contribution in [0.4, 0.5) is 0 Å². The third-order valence-electron chi connectivity index (χ3n) is 4.03. The summed E-state index contributed by atoms with van der Waals surface area (Å²) < 4.78 is 5.22. The number of hydrogen-bond donors (Lipinski definition) is 0. The summed E-state index contributed by atoms with van der Waals surface area (Å²) in [5.41, 5.74) is 2.22. The largest absolute Gasteiger partial charge is 0.462 e. The first kappa shape index (κ1) is 14.5. The van der Waals surface area contributed by atoms with Gasteiger partial charge in [-0.2, -0.15) is 0 Å². The number of imide groups is 1. The van der Waals surface area contributed by atoms with Crippen LogP contribution >= 0.6 is 0 Å². The first-order chi connectivity index (χ1) is 10.6. The number of nitrogens with zero attached hydrogens (tertiary/aromatic N) is 1. The Kier molecular flexibility index (Phi) is 3.79. The van der Waals surface area contributed by atoms with E-state index in [1.807, 2.05) is 19.1 Å². The molecule has 0 fully saturated rings. The van der Waals surface area contributed by atoms with Gasteiger partial charge in [-0.3, -0.25) is 14.5 Å². The zero-order valence-electron chi connectivity index (χ0n) is 12.4. The van der Waals surface area contributed by atoms with Gasteiger partial charge in [-0.15, -0.1) is 0 Å². The van der Waals surface area contributed by atoms with Gasteiger partial charge in [0.25, 0.3) is 11.8 Å². The van der Waals surface area contributed by atoms with Gasteiger partial charge >= 0.3 is 5.97 Å². The van der Waals surface area contributed by atoms with Gasteiger partial charge in [-0.05, 0) is 36.5 Å². The number of esters is 1. The van der Waals surface area contributed by atoms with Crippen molar-refractivity contribution in [3.63, 3.8) is 0 Å². The van der Waals surface area contributed by atoms with E-state index < -0.39 is 5.97 Å². The fourth-order valence-corrected chi connectivity index (χ4v) is 3.09. The molecule has 0 spiro atoms. The van der Waals surface area contributed by atoms with Crippen LogP contribution in [-0.4, -0.2) is 29.3 Å². The summed E-state index contributed by atoms with van der Waals surface area (Å²) in [5.74, 6) is -1.03. The van der Waals surface area contributed by atoms with Crippen LogP contribution < -0.4 is 0 Å². The molecular weight excluding hydrogens is 282 g/mol. The molecule has 0 bridgehead atoms. The van der Waals surface area contributed by atoms with Crippen LogP contribution in [0.5, 0.6) is 0 Å². The molecule has 0 unspecified atom stereocenters. The average Bonchev–Trinajstić information content (AvgIpc) is 3.08. The lowest BCUT2D eigenvalue weighted by Crippen LogP contribution is -2.34. The molecule has 0 radical (unpaired) electrons. The van der Waals surface area contributed by atoms with Gasteiger partial charge < -0.3 is 4.74 Å². The van der Waals surface area contributed by atoms with Crippen molar-refractivity contribution in [3.8, 4) is 0 Å². The predicted octanol–water partition coefficient (Wildman–Crippen LogP) is 2.17. The SMILES string of the molecule is CCCOC(=O)c1cccc2c1[C@@H](N1C(=O)C=CC1=O)CC2. The van der Waals surface area contributed by atoms with E-state index in [0.717, 1.165) is 24.0 Å². The van der Waals surface area contributed by atoms with Gasteiger partial charge in [0.1, 0.15) is 0 Å². The van der Waals surface area contributed by atoms with Gasteiger partial charge in [0.2, 0.25) is 0 Å². The standard InChI is InChI=1S/C17H17NO4/c1-2-10-22-17(21)12-5-3-4-11-6-7-13(16(11)12)18-14(19)8-9-15(18)20/h3-5,8-9,13H,2,6-7,10H2,1H3/t13-/m0/s1. The van der Waals surface area contributed by atoms with E-state index in [4.69, 9.17) is 4.74 Å². The molecule has 2 aliphatic rings.